The molecule has 1 aliphatic heterocycles. The number of rotatable bonds is 6. The number of nitrogens with two attached hydrogens (primary N) is 1. The van der Waals surface area contributed by atoms with Crippen molar-refractivity contribution in [2.24, 2.45) is 5.73 Å². The maximum Gasteiger partial charge on any atom is 0.320 e. The van der Waals surface area contributed by atoms with E-state index in [2.05, 4.69) is 0 Å². The van der Waals surface area contributed by atoms with Gasteiger partial charge in [0.1, 0.15) is 0 Å². The third-order valence-corrected chi connectivity index (χ3v) is 5.72. The number of piperazine rings is 1. The maximum atomic E-state index is 13.5. The predicted octanol–water partition coefficient (Wildman–Crippen LogP) is 2.58. The second kappa shape index (κ2) is 10.8. The molecule has 1 aliphatic rings. The normalized spacial score (nSPS) is 16.3. The third-order valence-electron chi connectivity index (χ3n) is 5.25. The van der Waals surface area contributed by atoms with E-state index < -0.39 is 6.04 Å². The fourth-order valence-corrected chi connectivity index (χ4v) is 4.16. The molecule has 0 saturated carbocycles. The summed E-state index contributed by atoms with van der Waals surface area (Å²) in [4.78, 5) is 30.4. The molecule has 166 valence electrons. The van der Waals surface area contributed by atoms with Crippen LogP contribution < -0.4 is 5.73 Å². The molecule has 1 fully saturated rings. The van der Waals surface area contributed by atoms with Crippen LogP contribution >= 0.6 is 23.2 Å². The standard InChI is InChI=1S/C22H26Cl2N4O3/c23-18-5-1-3-16(9-18)12-27(13-17-4-2-6-19(24)10-17)22(31)26-7-8-28(21(30)11-25)20(14-26)15-29/h1-6,9-10,20,29H,7-8,11-15,25H2. The zero-order chi connectivity index (χ0) is 22.4. The number of amides is 3. The molecule has 9 heteroatoms. The van der Waals surface area contributed by atoms with Gasteiger partial charge in [0.05, 0.1) is 19.2 Å². The third kappa shape index (κ3) is 6.11. The molecule has 3 amide bonds. The molecule has 0 aromatic heterocycles. The molecule has 1 saturated heterocycles. The molecule has 1 heterocycles. The summed E-state index contributed by atoms with van der Waals surface area (Å²) >= 11 is 12.3. The van der Waals surface area contributed by atoms with Crippen molar-refractivity contribution in [1.29, 1.82) is 0 Å². The van der Waals surface area contributed by atoms with E-state index >= 15 is 0 Å². The first-order chi connectivity index (χ1) is 14.9. The number of aliphatic hydroxyl groups is 1. The van der Waals surface area contributed by atoms with Gasteiger partial charge in [0.15, 0.2) is 0 Å². The van der Waals surface area contributed by atoms with Gasteiger partial charge in [0, 0.05) is 42.8 Å². The van der Waals surface area contributed by atoms with Crippen molar-refractivity contribution in [1.82, 2.24) is 14.7 Å². The molecule has 7 nitrogen and oxygen atoms in total. The smallest absolute Gasteiger partial charge is 0.320 e. The van der Waals surface area contributed by atoms with Crippen molar-refractivity contribution in [3.63, 3.8) is 0 Å². The average Bonchev–Trinajstić information content (AvgIpc) is 2.77. The molecule has 0 spiro atoms. The Kier molecular flexibility index (Phi) is 8.15. The van der Waals surface area contributed by atoms with Gasteiger partial charge in [-0.05, 0) is 35.4 Å². The van der Waals surface area contributed by atoms with Gasteiger partial charge in [-0.3, -0.25) is 4.79 Å². The van der Waals surface area contributed by atoms with Crippen LogP contribution in [0.2, 0.25) is 10.0 Å². The number of benzene rings is 2. The first-order valence-corrected chi connectivity index (χ1v) is 10.8. The van der Waals surface area contributed by atoms with E-state index in [0.717, 1.165) is 11.1 Å². The molecular formula is C22H26Cl2N4O3. The number of carbonyl (C=O) groups is 2. The zero-order valence-corrected chi connectivity index (χ0v) is 18.6. The van der Waals surface area contributed by atoms with E-state index in [4.69, 9.17) is 28.9 Å². The number of carbonyl (C=O) groups excluding carboxylic acids is 2. The van der Waals surface area contributed by atoms with E-state index in [-0.39, 0.29) is 31.6 Å². The van der Waals surface area contributed by atoms with Crippen LogP contribution in [0.5, 0.6) is 0 Å². The molecule has 31 heavy (non-hydrogen) atoms. The Labute approximate surface area is 191 Å². The lowest BCUT2D eigenvalue weighted by molar-refractivity contribution is -0.135. The summed E-state index contributed by atoms with van der Waals surface area (Å²) in [6.07, 6.45) is 0. The minimum atomic E-state index is -0.479. The Morgan fingerprint density at radius 3 is 2.10 bits per heavy atom. The molecule has 0 aliphatic carbocycles. The Hall–Kier alpha value is -2.32. The molecule has 0 bridgehead atoms. The van der Waals surface area contributed by atoms with Gasteiger partial charge >= 0.3 is 6.03 Å². The van der Waals surface area contributed by atoms with Crippen molar-refractivity contribution in [3.05, 3.63) is 69.7 Å². The number of halogens is 2. The molecule has 0 radical (unpaired) electrons. The summed E-state index contributed by atoms with van der Waals surface area (Å²) in [5.41, 5.74) is 7.28. The Morgan fingerprint density at radius 2 is 1.61 bits per heavy atom. The Morgan fingerprint density at radius 1 is 1.03 bits per heavy atom. The Bertz CT molecular complexity index is 880. The zero-order valence-electron chi connectivity index (χ0n) is 17.1. The first kappa shape index (κ1) is 23.3. The number of hydrogen-bond acceptors (Lipinski definition) is 4. The molecule has 3 N–H and O–H groups in total. The number of nitrogens with zero attached hydrogens (tertiary/aromatic N) is 3. The van der Waals surface area contributed by atoms with Crippen molar-refractivity contribution in [2.45, 2.75) is 19.1 Å². The molecule has 1 unspecified atom stereocenters. The lowest BCUT2D eigenvalue weighted by Gasteiger charge is -2.42. The second-order valence-corrected chi connectivity index (χ2v) is 8.35. The van der Waals surface area contributed by atoms with Crippen LogP contribution in [0.15, 0.2) is 48.5 Å². The first-order valence-electron chi connectivity index (χ1n) is 10.0. The van der Waals surface area contributed by atoms with E-state index in [9.17, 15) is 14.7 Å². The highest BCUT2D eigenvalue weighted by atomic mass is 35.5. The highest BCUT2D eigenvalue weighted by Crippen LogP contribution is 2.20. The molecule has 2 aromatic carbocycles. The van der Waals surface area contributed by atoms with Crippen molar-refractivity contribution in [3.8, 4) is 0 Å². The highest BCUT2D eigenvalue weighted by Gasteiger charge is 2.33. The largest absolute Gasteiger partial charge is 0.394 e. The predicted molar refractivity (Wildman–Crippen MR) is 121 cm³/mol. The Balaban J connectivity index is 1.80. The molecule has 2 aromatic rings. The van der Waals surface area contributed by atoms with Gasteiger partial charge in [-0.2, -0.15) is 0 Å². The van der Waals surface area contributed by atoms with Crippen LogP contribution in [0.4, 0.5) is 4.79 Å². The average molecular weight is 465 g/mol. The minimum absolute atomic E-state index is 0.125. The minimum Gasteiger partial charge on any atom is -0.394 e. The fraction of sp³-hybridized carbons (Fsp3) is 0.364. The van der Waals surface area contributed by atoms with Gasteiger partial charge in [-0.25, -0.2) is 4.79 Å². The summed E-state index contributed by atoms with van der Waals surface area (Å²) in [6.45, 7) is 1.29. The maximum absolute atomic E-state index is 13.5. The van der Waals surface area contributed by atoms with Gasteiger partial charge in [0.2, 0.25) is 5.91 Å². The summed E-state index contributed by atoms with van der Waals surface area (Å²) < 4.78 is 0. The number of hydrogen-bond donors (Lipinski definition) is 2. The lowest BCUT2D eigenvalue weighted by atomic mass is 10.1. The van der Waals surface area contributed by atoms with Gasteiger partial charge in [-0.1, -0.05) is 47.5 Å². The SMILES string of the molecule is NCC(=O)N1CCN(C(=O)N(Cc2cccc(Cl)c2)Cc2cccc(Cl)c2)CC1CO. The van der Waals surface area contributed by atoms with Crippen molar-refractivity contribution < 1.29 is 14.7 Å². The van der Waals surface area contributed by atoms with Crippen molar-refractivity contribution >= 4 is 35.1 Å². The summed E-state index contributed by atoms with van der Waals surface area (Å²) in [6, 6.07) is 14.1. The number of urea groups is 1. The fourth-order valence-electron chi connectivity index (χ4n) is 3.73. The van der Waals surface area contributed by atoms with Crippen LogP contribution in [0.3, 0.4) is 0 Å². The van der Waals surface area contributed by atoms with Gasteiger partial charge in [0.25, 0.3) is 0 Å². The van der Waals surface area contributed by atoms with Gasteiger partial charge < -0.3 is 25.5 Å². The molecule has 1 atom stereocenters. The van der Waals surface area contributed by atoms with Crippen molar-refractivity contribution in [2.75, 3.05) is 32.8 Å². The number of aliphatic hydroxyl groups excluding tert-OH is 1. The molecule has 3 rings (SSSR count). The van der Waals surface area contributed by atoms with E-state index in [0.29, 0.717) is 36.2 Å². The summed E-state index contributed by atoms with van der Waals surface area (Å²) in [7, 11) is 0. The second-order valence-electron chi connectivity index (χ2n) is 7.47. The van der Waals surface area contributed by atoms with E-state index in [1.165, 1.54) is 0 Å². The summed E-state index contributed by atoms with van der Waals surface area (Å²) in [5.74, 6) is -0.235. The topological polar surface area (TPSA) is 90.1 Å². The summed E-state index contributed by atoms with van der Waals surface area (Å²) in [5, 5.41) is 11.0. The van der Waals surface area contributed by atoms with Crippen LogP contribution in [0.25, 0.3) is 0 Å². The molecular weight excluding hydrogens is 439 g/mol. The van der Waals surface area contributed by atoms with Gasteiger partial charge in [-0.15, -0.1) is 0 Å². The van der Waals surface area contributed by atoms with Crippen LogP contribution in [-0.4, -0.2) is 70.6 Å². The quantitative estimate of drug-likeness (QED) is 0.687. The lowest BCUT2D eigenvalue weighted by Crippen LogP contribution is -2.60. The van der Waals surface area contributed by atoms with E-state index in [1.54, 1.807) is 26.8 Å². The van der Waals surface area contributed by atoms with Crippen LogP contribution in [-0.2, 0) is 17.9 Å². The van der Waals surface area contributed by atoms with E-state index in [1.807, 2.05) is 36.4 Å². The highest BCUT2D eigenvalue weighted by molar-refractivity contribution is 6.30. The van der Waals surface area contributed by atoms with Crippen LogP contribution in [0.1, 0.15) is 11.1 Å². The monoisotopic (exact) mass is 464 g/mol. The van der Waals surface area contributed by atoms with Crippen LogP contribution in [0, 0.1) is 0 Å².